The highest BCUT2D eigenvalue weighted by molar-refractivity contribution is 9.10. The van der Waals surface area contributed by atoms with Gasteiger partial charge in [-0.3, -0.25) is 4.79 Å². The summed E-state index contributed by atoms with van der Waals surface area (Å²) in [7, 11) is 5.26. The summed E-state index contributed by atoms with van der Waals surface area (Å²) in [6, 6.07) is 1.58. The number of methoxy groups -OCH3 is 4. The summed E-state index contributed by atoms with van der Waals surface area (Å²) in [5, 5.41) is 0. The molecule has 2 rings (SSSR count). The number of ether oxygens (including phenoxy) is 4. The highest BCUT2D eigenvalue weighted by Crippen LogP contribution is 2.46. The van der Waals surface area contributed by atoms with Crippen LogP contribution in [0.15, 0.2) is 16.9 Å². The van der Waals surface area contributed by atoms with E-state index < -0.39 is 27.7 Å². The number of carbonyl (C=O) groups is 1. The molecule has 0 unspecified atom stereocenters. The van der Waals surface area contributed by atoms with E-state index in [9.17, 15) is 18.0 Å². The van der Waals surface area contributed by atoms with Crippen LogP contribution in [0.3, 0.4) is 0 Å². The molecule has 1 aromatic carbocycles. The Morgan fingerprint density at radius 3 is 2.10 bits per heavy atom. The van der Waals surface area contributed by atoms with E-state index >= 15 is 0 Å². The third-order valence-electron chi connectivity index (χ3n) is 4.67. The van der Waals surface area contributed by atoms with Crippen molar-refractivity contribution in [3.05, 3.63) is 39.1 Å². The van der Waals surface area contributed by atoms with Gasteiger partial charge < -0.3 is 18.9 Å². The lowest BCUT2D eigenvalue weighted by Crippen LogP contribution is -2.19. The first-order valence-electron chi connectivity index (χ1n) is 9.32. The minimum absolute atomic E-state index is 0.0129. The lowest BCUT2D eigenvalue weighted by atomic mass is 9.91. The Kier molecular flexibility index (Phi) is 8.16. The second kappa shape index (κ2) is 10.2. The lowest BCUT2D eigenvalue weighted by Gasteiger charge is -2.21. The van der Waals surface area contributed by atoms with Crippen LogP contribution in [0, 0.1) is 0 Å². The third kappa shape index (κ3) is 4.89. The zero-order chi connectivity index (χ0) is 23.3. The van der Waals surface area contributed by atoms with Gasteiger partial charge in [-0.1, -0.05) is 13.3 Å². The second-order valence-corrected chi connectivity index (χ2v) is 7.23. The summed E-state index contributed by atoms with van der Waals surface area (Å²) in [4.78, 5) is 17.3. The second-order valence-electron chi connectivity index (χ2n) is 6.48. The number of alkyl halides is 3. The largest absolute Gasteiger partial charge is 0.494 e. The number of hydrogen-bond donors (Lipinski definition) is 0. The third-order valence-corrected chi connectivity index (χ3v) is 5.27. The molecule has 0 N–H and O–H groups in total. The SMILES string of the molecule is CCCCc1cc(OC)c(OC)c(OC)c1C(=O)c1c(OC)cnc(Br)c1C(F)(F)F. The molecular weight excluding hydrogens is 483 g/mol. The Morgan fingerprint density at radius 1 is 1.00 bits per heavy atom. The zero-order valence-corrected chi connectivity index (χ0v) is 19.4. The molecule has 170 valence electrons. The van der Waals surface area contributed by atoms with E-state index in [0.717, 1.165) is 12.6 Å². The van der Waals surface area contributed by atoms with E-state index in [0.29, 0.717) is 24.2 Å². The van der Waals surface area contributed by atoms with Gasteiger partial charge in [-0.05, 0) is 40.4 Å². The van der Waals surface area contributed by atoms with Crippen LogP contribution in [-0.4, -0.2) is 39.2 Å². The van der Waals surface area contributed by atoms with Crippen LogP contribution >= 0.6 is 15.9 Å². The molecule has 0 aliphatic heterocycles. The van der Waals surface area contributed by atoms with Crippen LogP contribution in [0.5, 0.6) is 23.0 Å². The van der Waals surface area contributed by atoms with Crippen LogP contribution in [-0.2, 0) is 12.6 Å². The van der Waals surface area contributed by atoms with Crippen LogP contribution in [0.2, 0.25) is 0 Å². The van der Waals surface area contributed by atoms with Crippen molar-refractivity contribution in [3.8, 4) is 23.0 Å². The molecule has 0 amide bonds. The minimum Gasteiger partial charge on any atom is -0.494 e. The molecule has 0 saturated carbocycles. The zero-order valence-electron chi connectivity index (χ0n) is 17.8. The van der Waals surface area contributed by atoms with Crippen molar-refractivity contribution >= 4 is 21.7 Å². The van der Waals surface area contributed by atoms with Gasteiger partial charge in [0.2, 0.25) is 11.5 Å². The Bertz CT molecular complexity index is 963. The van der Waals surface area contributed by atoms with Gasteiger partial charge in [0, 0.05) is 0 Å². The Balaban J connectivity index is 2.94. The average Bonchev–Trinajstić information content (AvgIpc) is 2.74. The normalized spacial score (nSPS) is 11.3. The van der Waals surface area contributed by atoms with Crippen LogP contribution in [0.25, 0.3) is 0 Å². The van der Waals surface area contributed by atoms with Crippen LogP contribution in [0.1, 0.15) is 46.8 Å². The highest BCUT2D eigenvalue weighted by atomic mass is 79.9. The fourth-order valence-electron chi connectivity index (χ4n) is 3.25. The number of aryl methyl sites for hydroxylation is 1. The summed E-state index contributed by atoms with van der Waals surface area (Å²) >= 11 is 2.82. The maximum absolute atomic E-state index is 13.9. The highest BCUT2D eigenvalue weighted by Gasteiger charge is 2.42. The molecule has 31 heavy (non-hydrogen) atoms. The summed E-state index contributed by atoms with van der Waals surface area (Å²) in [5.74, 6) is -0.828. The molecule has 0 radical (unpaired) electrons. The van der Waals surface area contributed by atoms with Crippen molar-refractivity contribution in [2.24, 2.45) is 0 Å². The number of unbranched alkanes of at least 4 members (excludes halogenated alkanes) is 1. The van der Waals surface area contributed by atoms with Gasteiger partial charge >= 0.3 is 6.18 Å². The molecule has 0 aliphatic rings. The summed E-state index contributed by atoms with van der Waals surface area (Å²) < 4.78 is 62.4. The number of ketones is 1. The fourth-order valence-corrected chi connectivity index (χ4v) is 3.78. The van der Waals surface area contributed by atoms with Crippen molar-refractivity contribution in [2.75, 3.05) is 28.4 Å². The Hall–Kier alpha value is -2.49. The summed E-state index contributed by atoms with van der Waals surface area (Å²) in [6.45, 7) is 1.96. The molecule has 0 aliphatic carbocycles. The quantitative estimate of drug-likeness (QED) is 0.332. The minimum atomic E-state index is -4.86. The number of carbonyl (C=O) groups excluding carboxylic acids is 1. The molecule has 10 heteroatoms. The van der Waals surface area contributed by atoms with Crippen molar-refractivity contribution < 1.29 is 36.9 Å². The maximum atomic E-state index is 13.9. The van der Waals surface area contributed by atoms with Gasteiger partial charge in [-0.25, -0.2) is 4.98 Å². The first-order valence-corrected chi connectivity index (χ1v) is 10.1. The monoisotopic (exact) mass is 505 g/mol. The fraction of sp³-hybridized carbons (Fsp3) is 0.429. The molecule has 1 aromatic heterocycles. The predicted molar refractivity (Wildman–Crippen MR) is 112 cm³/mol. The van der Waals surface area contributed by atoms with Crippen LogP contribution in [0.4, 0.5) is 13.2 Å². The number of rotatable bonds is 9. The number of pyridine rings is 1. The van der Waals surface area contributed by atoms with Crippen molar-refractivity contribution in [1.82, 2.24) is 4.98 Å². The van der Waals surface area contributed by atoms with E-state index in [-0.39, 0.29) is 22.8 Å². The van der Waals surface area contributed by atoms with E-state index in [4.69, 9.17) is 18.9 Å². The summed E-state index contributed by atoms with van der Waals surface area (Å²) in [5.41, 5.74) is -1.46. The van der Waals surface area contributed by atoms with Gasteiger partial charge in [0.25, 0.3) is 0 Å². The van der Waals surface area contributed by atoms with Gasteiger partial charge in [0.05, 0.1) is 45.8 Å². The van der Waals surface area contributed by atoms with Gasteiger partial charge in [-0.2, -0.15) is 13.2 Å². The molecule has 2 aromatic rings. The molecule has 1 heterocycles. The number of benzene rings is 1. The number of aromatic nitrogens is 1. The first-order chi connectivity index (χ1) is 14.7. The molecule has 0 fully saturated rings. The van der Waals surface area contributed by atoms with E-state index in [1.807, 2.05) is 6.92 Å². The van der Waals surface area contributed by atoms with Gasteiger partial charge in [-0.15, -0.1) is 0 Å². The molecule has 0 atom stereocenters. The lowest BCUT2D eigenvalue weighted by molar-refractivity contribution is -0.138. The average molecular weight is 506 g/mol. The molecule has 0 spiro atoms. The van der Waals surface area contributed by atoms with Crippen LogP contribution < -0.4 is 18.9 Å². The van der Waals surface area contributed by atoms with E-state index in [1.165, 1.54) is 28.4 Å². The maximum Gasteiger partial charge on any atom is 0.419 e. The number of nitrogens with zero attached hydrogens (tertiary/aromatic N) is 1. The molecular formula is C21H23BrF3NO5. The molecule has 6 nitrogen and oxygen atoms in total. The molecule has 0 saturated heterocycles. The molecule has 0 bridgehead atoms. The van der Waals surface area contributed by atoms with E-state index in [1.54, 1.807) is 6.07 Å². The smallest absolute Gasteiger partial charge is 0.419 e. The number of hydrogen-bond acceptors (Lipinski definition) is 6. The van der Waals surface area contributed by atoms with Gasteiger partial charge in [0.1, 0.15) is 15.9 Å². The number of halogens is 4. The van der Waals surface area contributed by atoms with Gasteiger partial charge in [0.15, 0.2) is 11.5 Å². The Labute approximate surface area is 186 Å². The summed E-state index contributed by atoms with van der Waals surface area (Å²) in [6.07, 6.45) is -1.88. The van der Waals surface area contributed by atoms with E-state index in [2.05, 4.69) is 20.9 Å². The topological polar surface area (TPSA) is 66.9 Å². The van der Waals surface area contributed by atoms with Crippen molar-refractivity contribution in [2.45, 2.75) is 32.4 Å². The first kappa shape index (κ1) is 24.8. The van der Waals surface area contributed by atoms with Crippen molar-refractivity contribution in [3.63, 3.8) is 0 Å². The van der Waals surface area contributed by atoms with Crippen molar-refractivity contribution in [1.29, 1.82) is 0 Å². The Morgan fingerprint density at radius 2 is 1.61 bits per heavy atom. The standard InChI is InChI=1S/C21H23BrF3NO5/c1-6-7-8-11-9-12(28-2)18(30-4)19(31-5)14(11)17(27)15-13(29-3)10-26-20(22)16(15)21(23,24)25/h9-10H,6-8H2,1-5H3. The predicted octanol–water partition coefficient (Wildman–Crippen LogP) is 5.47.